The van der Waals surface area contributed by atoms with Gasteiger partial charge in [-0.1, -0.05) is 0 Å². The molecule has 1 fully saturated rings. The molecule has 1 aliphatic heterocycles. The van der Waals surface area contributed by atoms with E-state index < -0.39 is 11.4 Å². The van der Waals surface area contributed by atoms with E-state index in [1.807, 2.05) is 6.92 Å². The first-order valence-electron chi connectivity index (χ1n) is 5.45. The Labute approximate surface area is 95.2 Å². The molecule has 1 rings (SSSR count). The zero-order chi connectivity index (χ0) is 12.3. The van der Waals surface area contributed by atoms with Gasteiger partial charge in [-0.05, 0) is 27.2 Å². The van der Waals surface area contributed by atoms with Crippen molar-refractivity contribution in [1.82, 2.24) is 5.32 Å². The number of nitrogens with one attached hydrogen (secondary N) is 1. The number of carboxylic acid groups (broad SMARTS) is 1. The van der Waals surface area contributed by atoms with Gasteiger partial charge in [-0.2, -0.15) is 0 Å². The Bertz CT molecular complexity index is 288. The lowest BCUT2D eigenvalue weighted by atomic mass is 9.93. The third-order valence-electron chi connectivity index (χ3n) is 2.85. The molecule has 0 radical (unpaired) electrons. The van der Waals surface area contributed by atoms with Crippen LogP contribution in [0.15, 0.2) is 0 Å². The van der Waals surface area contributed by atoms with Crippen LogP contribution in [-0.2, 0) is 14.3 Å². The molecule has 2 atom stereocenters. The van der Waals surface area contributed by atoms with Crippen LogP contribution >= 0.6 is 0 Å². The molecule has 0 saturated carbocycles. The Balaban J connectivity index is 2.38. The summed E-state index contributed by atoms with van der Waals surface area (Å²) in [5.41, 5.74) is -0.930. The van der Waals surface area contributed by atoms with E-state index in [-0.39, 0.29) is 24.5 Å². The van der Waals surface area contributed by atoms with Gasteiger partial charge in [0.1, 0.15) is 0 Å². The summed E-state index contributed by atoms with van der Waals surface area (Å²) >= 11 is 0. The average molecular weight is 229 g/mol. The highest BCUT2D eigenvalue weighted by molar-refractivity contribution is 5.80. The Morgan fingerprint density at radius 3 is 2.56 bits per heavy atom. The van der Waals surface area contributed by atoms with E-state index in [1.165, 1.54) is 0 Å². The van der Waals surface area contributed by atoms with Crippen LogP contribution in [0, 0.1) is 11.3 Å². The predicted molar refractivity (Wildman–Crippen MR) is 57.9 cm³/mol. The predicted octanol–water partition coefficient (Wildman–Crippen LogP) is 0.638. The summed E-state index contributed by atoms with van der Waals surface area (Å²) in [7, 11) is 0. The van der Waals surface area contributed by atoms with Gasteiger partial charge in [0.2, 0.25) is 5.91 Å². The average Bonchev–Trinajstić information content (AvgIpc) is 2.61. The van der Waals surface area contributed by atoms with Crippen LogP contribution in [0.2, 0.25) is 0 Å². The number of rotatable bonds is 4. The van der Waals surface area contributed by atoms with Crippen LogP contribution in [0.5, 0.6) is 0 Å². The highest BCUT2D eigenvalue weighted by Gasteiger charge is 2.31. The van der Waals surface area contributed by atoms with E-state index in [0.717, 1.165) is 0 Å². The minimum Gasteiger partial charge on any atom is -0.481 e. The van der Waals surface area contributed by atoms with E-state index >= 15 is 0 Å². The molecule has 1 aliphatic rings. The molecule has 5 nitrogen and oxygen atoms in total. The fourth-order valence-electron chi connectivity index (χ4n) is 1.53. The van der Waals surface area contributed by atoms with E-state index in [2.05, 4.69) is 5.32 Å². The molecular formula is C11H19NO4. The van der Waals surface area contributed by atoms with E-state index in [4.69, 9.17) is 9.84 Å². The zero-order valence-corrected chi connectivity index (χ0v) is 9.95. The lowest BCUT2D eigenvalue weighted by Gasteiger charge is -2.20. The number of amides is 1. The molecule has 92 valence electrons. The standard InChI is InChI=1S/C11H19NO4/c1-7-4-8(5-16-7)9(13)12-6-11(2,3)10(14)15/h7-8H,4-6H2,1-3H3,(H,12,13)(H,14,15). The van der Waals surface area contributed by atoms with Crippen LogP contribution in [0.25, 0.3) is 0 Å². The van der Waals surface area contributed by atoms with E-state index in [0.29, 0.717) is 13.0 Å². The third-order valence-corrected chi connectivity index (χ3v) is 2.85. The number of hydrogen-bond donors (Lipinski definition) is 2. The maximum absolute atomic E-state index is 11.7. The smallest absolute Gasteiger partial charge is 0.310 e. The molecule has 5 heteroatoms. The quantitative estimate of drug-likeness (QED) is 0.741. The topological polar surface area (TPSA) is 75.6 Å². The molecule has 2 unspecified atom stereocenters. The number of hydrogen-bond acceptors (Lipinski definition) is 3. The van der Waals surface area contributed by atoms with Gasteiger partial charge in [-0.3, -0.25) is 9.59 Å². The molecule has 1 saturated heterocycles. The summed E-state index contributed by atoms with van der Waals surface area (Å²) in [4.78, 5) is 22.5. The van der Waals surface area contributed by atoms with Gasteiger partial charge >= 0.3 is 5.97 Å². The highest BCUT2D eigenvalue weighted by atomic mass is 16.5. The second-order valence-corrected chi connectivity index (χ2v) is 4.98. The van der Waals surface area contributed by atoms with Gasteiger partial charge in [0.25, 0.3) is 0 Å². The molecule has 0 bridgehead atoms. The van der Waals surface area contributed by atoms with Gasteiger partial charge < -0.3 is 15.2 Å². The number of ether oxygens (including phenoxy) is 1. The molecule has 0 aromatic heterocycles. The van der Waals surface area contributed by atoms with Crippen LogP contribution in [0.1, 0.15) is 27.2 Å². The van der Waals surface area contributed by atoms with Crippen LogP contribution in [-0.4, -0.2) is 36.2 Å². The fourth-order valence-corrected chi connectivity index (χ4v) is 1.53. The zero-order valence-electron chi connectivity index (χ0n) is 9.95. The Hall–Kier alpha value is -1.10. The van der Waals surface area contributed by atoms with Crippen molar-refractivity contribution >= 4 is 11.9 Å². The van der Waals surface area contributed by atoms with Crippen molar-refractivity contribution in [2.24, 2.45) is 11.3 Å². The minimum atomic E-state index is -0.930. The molecular weight excluding hydrogens is 210 g/mol. The third kappa shape index (κ3) is 3.20. The lowest BCUT2D eigenvalue weighted by Crippen LogP contribution is -2.41. The first-order chi connectivity index (χ1) is 7.33. The largest absolute Gasteiger partial charge is 0.481 e. The Morgan fingerprint density at radius 2 is 2.12 bits per heavy atom. The molecule has 0 aromatic rings. The van der Waals surface area contributed by atoms with Crippen LogP contribution in [0.4, 0.5) is 0 Å². The lowest BCUT2D eigenvalue weighted by molar-refractivity contribution is -0.146. The summed E-state index contributed by atoms with van der Waals surface area (Å²) in [5.74, 6) is -1.16. The van der Waals surface area contributed by atoms with Crippen molar-refractivity contribution in [3.05, 3.63) is 0 Å². The number of carbonyl (C=O) groups excluding carboxylic acids is 1. The summed E-state index contributed by atoms with van der Waals surface area (Å²) in [6, 6.07) is 0. The van der Waals surface area contributed by atoms with Crippen LogP contribution in [0.3, 0.4) is 0 Å². The van der Waals surface area contributed by atoms with E-state index in [1.54, 1.807) is 13.8 Å². The van der Waals surface area contributed by atoms with Crippen molar-refractivity contribution in [2.75, 3.05) is 13.2 Å². The van der Waals surface area contributed by atoms with Crippen molar-refractivity contribution in [1.29, 1.82) is 0 Å². The van der Waals surface area contributed by atoms with Crippen molar-refractivity contribution < 1.29 is 19.4 Å². The van der Waals surface area contributed by atoms with Crippen molar-refractivity contribution in [3.63, 3.8) is 0 Å². The molecule has 0 spiro atoms. The SMILES string of the molecule is CC1CC(C(=O)NCC(C)(C)C(=O)O)CO1. The van der Waals surface area contributed by atoms with E-state index in [9.17, 15) is 9.59 Å². The van der Waals surface area contributed by atoms with Crippen LogP contribution < -0.4 is 5.32 Å². The monoisotopic (exact) mass is 229 g/mol. The van der Waals surface area contributed by atoms with Gasteiger partial charge in [-0.25, -0.2) is 0 Å². The summed E-state index contributed by atoms with van der Waals surface area (Å²) < 4.78 is 5.29. The first-order valence-corrected chi connectivity index (χ1v) is 5.45. The second kappa shape index (κ2) is 4.82. The number of aliphatic carboxylic acids is 1. The summed E-state index contributed by atoms with van der Waals surface area (Å²) in [6.45, 7) is 5.67. The molecule has 16 heavy (non-hydrogen) atoms. The van der Waals surface area contributed by atoms with Crippen molar-refractivity contribution in [2.45, 2.75) is 33.3 Å². The maximum Gasteiger partial charge on any atom is 0.310 e. The fraction of sp³-hybridized carbons (Fsp3) is 0.818. The molecule has 2 N–H and O–H groups in total. The van der Waals surface area contributed by atoms with Gasteiger partial charge in [0.05, 0.1) is 24.0 Å². The molecule has 1 heterocycles. The first kappa shape index (κ1) is 13.0. The minimum absolute atomic E-state index is 0.112. The number of carbonyl (C=O) groups is 2. The molecule has 1 amide bonds. The summed E-state index contributed by atoms with van der Waals surface area (Å²) in [6.07, 6.45) is 0.822. The Kier molecular flexibility index (Phi) is 3.91. The van der Waals surface area contributed by atoms with Gasteiger partial charge in [0.15, 0.2) is 0 Å². The molecule has 0 aliphatic carbocycles. The van der Waals surface area contributed by atoms with Gasteiger partial charge in [0, 0.05) is 6.54 Å². The van der Waals surface area contributed by atoms with Gasteiger partial charge in [-0.15, -0.1) is 0 Å². The molecule has 0 aromatic carbocycles. The van der Waals surface area contributed by atoms with Crippen molar-refractivity contribution in [3.8, 4) is 0 Å². The highest BCUT2D eigenvalue weighted by Crippen LogP contribution is 2.20. The number of carboxylic acids is 1. The normalized spacial score (nSPS) is 25.4. The Morgan fingerprint density at radius 1 is 1.50 bits per heavy atom. The second-order valence-electron chi connectivity index (χ2n) is 4.98. The maximum atomic E-state index is 11.7. The summed E-state index contributed by atoms with van der Waals surface area (Å²) in [5, 5.41) is 11.6.